The molecule has 1 heterocycles. The molecule has 3 heteroatoms. The normalized spacial score (nSPS) is 10.4. The molecule has 2 N–H and O–H groups in total. The molecule has 1 aromatic carbocycles. The van der Waals surface area contributed by atoms with Crippen LogP contribution in [0.15, 0.2) is 36.5 Å². The van der Waals surface area contributed by atoms with Crippen LogP contribution in [-0.4, -0.2) is 4.98 Å². The number of ether oxygens (including phenoxy) is 1. The van der Waals surface area contributed by atoms with Gasteiger partial charge in [-0.1, -0.05) is 23.8 Å². The lowest BCUT2D eigenvalue weighted by Crippen LogP contribution is -2.05. The third-order valence-corrected chi connectivity index (χ3v) is 2.92. The van der Waals surface area contributed by atoms with Gasteiger partial charge in [-0.3, -0.25) is 4.98 Å². The highest BCUT2D eigenvalue weighted by molar-refractivity contribution is 5.37. The average molecular weight is 242 g/mol. The van der Waals surface area contributed by atoms with E-state index < -0.39 is 0 Å². The number of benzene rings is 1. The van der Waals surface area contributed by atoms with Crippen molar-refractivity contribution in [3.05, 3.63) is 58.9 Å². The first kappa shape index (κ1) is 12.6. The maximum Gasteiger partial charge on any atom is 0.130 e. The van der Waals surface area contributed by atoms with Crippen LogP contribution in [0.5, 0.6) is 5.75 Å². The Morgan fingerprint density at radius 2 is 2.06 bits per heavy atom. The van der Waals surface area contributed by atoms with Crippen molar-refractivity contribution in [2.45, 2.75) is 27.0 Å². The first-order valence-corrected chi connectivity index (χ1v) is 6.03. The highest BCUT2D eigenvalue weighted by Crippen LogP contribution is 2.20. The highest BCUT2D eigenvalue weighted by atomic mass is 16.5. The molecule has 0 saturated heterocycles. The lowest BCUT2D eigenvalue weighted by Gasteiger charge is -2.11. The van der Waals surface area contributed by atoms with Crippen LogP contribution >= 0.6 is 0 Å². The molecule has 2 rings (SSSR count). The van der Waals surface area contributed by atoms with Crippen molar-refractivity contribution >= 4 is 0 Å². The van der Waals surface area contributed by atoms with Gasteiger partial charge in [-0.2, -0.15) is 0 Å². The molecule has 0 aliphatic rings. The Morgan fingerprint density at radius 1 is 1.22 bits per heavy atom. The SMILES string of the molecule is Cc1ccc(OCc2ncccc2C)c(CN)c1. The molecular formula is C15H18N2O. The number of nitrogens with zero attached hydrogens (tertiary/aromatic N) is 1. The first-order chi connectivity index (χ1) is 8.70. The van der Waals surface area contributed by atoms with Crippen molar-refractivity contribution < 1.29 is 4.74 Å². The Balaban J connectivity index is 2.13. The molecule has 0 saturated carbocycles. The number of aryl methyl sites for hydroxylation is 2. The molecule has 3 nitrogen and oxygen atoms in total. The molecule has 0 radical (unpaired) electrons. The predicted molar refractivity (Wildman–Crippen MR) is 72.4 cm³/mol. The Labute approximate surface area is 108 Å². The Kier molecular flexibility index (Phi) is 3.95. The van der Waals surface area contributed by atoms with Crippen molar-refractivity contribution in [1.29, 1.82) is 0 Å². The summed E-state index contributed by atoms with van der Waals surface area (Å²) < 4.78 is 5.81. The quantitative estimate of drug-likeness (QED) is 0.896. The highest BCUT2D eigenvalue weighted by Gasteiger charge is 2.04. The summed E-state index contributed by atoms with van der Waals surface area (Å²) in [7, 11) is 0. The molecule has 2 aromatic rings. The largest absolute Gasteiger partial charge is 0.487 e. The molecule has 0 atom stereocenters. The molecule has 0 fully saturated rings. The first-order valence-electron chi connectivity index (χ1n) is 6.03. The average Bonchev–Trinajstić information content (AvgIpc) is 2.39. The van der Waals surface area contributed by atoms with Gasteiger partial charge in [-0.15, -0.1) is 0 Å². The fourth-order valence-corrected chi connectivity index (χ4v) is 1.82. The number of nitrogens with two attached hydrogens (primary N) is 1. The van der Waals surface area contributed by atoms with Gasteiger partial charge in [0.05, 0.1) is 5.69 Å². The number of hydrogen-bond donors (Lipinski definition) is 1. The van der Waals surface area contributed by atoms with E-state index in [1.165, 1.54) is 5.56 Å². The van der Waals surface area contributed by atoms with Crippen LogP contribution in [0.25, 0.3) is 0 Å². The third kappa shape index (κ3) is 2.87. The van der Waals surface area contributed by atoms with Gasteiger partial charge in [0.15, 0.2) is 0 Å². The Hall–Kier alpha value is -1.87. The van der Waals surface area contributed by atoms with Crippen molar-refractivity contribution in [3.63, 3.8) is 0 Å². The molecule has 0 spiro atoms. The van der Waals surface area contributed by atoms with E-state index in [1.54, 1.807) is 6.20 Å². The minimum absolute atomic E-state index is 0.475. The summed E-state index contributed by atoms with van der Waals surface area (Å²) in [6.45, 7) is 5.04. The minimum atomic E-state index is 0.475. The van der Waals surface area contributed by atoms with Crippen LogP contribution in [-0.2, 0) is 13.2 Å². The van der Waals surface area contributed by atoms with E-state index in [9.17, 15) is 0 Å². The van der Waals surface area contributed by atoms with Gasteiger partial charge in [0.2, 0.25) is 0 Å². The molecular weight excluding hydrogens is 224 g/mol. The van der Waals surface area contributed by atoms with Gasteiger partial charge in [0.25, 0.3) is 0 Å². The predicted octanol–water partition coefficient (Wildman–Crippen LogP) is 2.74. The molecule has 18 heavy (non-hydrogen) atoms. The van der Waals surface area contributed by atoms with Gasteiger partial charge in [0, 0.05) is 18.3 Å². The van der Waals surface area contributed by atoms with Gasteiger partial charge in [0.1, 0.15) is 12.4 Å². The van der Waals surface area contributed by atoms with E-state index in [0.29, 0.717) is 13.2 Å². The lowest BCUT2D eigenvalue weighted by atomic mass is 10.1. The smallest absolute Gasteiger partial charge is 0.130 e. The molecule has 0 bridgehead atoms. The van der Waals surface area contributed by atoms with Crippen LogP contribution in [0, 0.1) is 13.8 Å². The topological polar surface area (TPSA) is 48.1 Å². The zero-order valence-electron chi connectivity index (χ0n) is 10.8. The zero-order chi connectivity index (χ0) is 13.0. The number of aromatic nitrogens is 1. The summed E-state index contributed by atoms with van der Waals surface area (Å²) in [6, 6.07) is 10.0. The van der Waals surface area contributed by atoms with Gasteiger partial charge in [-0.25, -0.2) is 0 Å². The maximum absolute atomic E-state index is 5.81. The lowest BCUT2D eigenvalue weighted by molar-refractivity contribution is 0.297. The second-order valence-corrected chi connectivity index (χ2v) is 4.37. The van der Waals surface area contributed by atoms with Crippen LogP contribution in [0.3, 0.4) is 0 Å². The van der Waals surface area contributed by atoms with Gasteiger partial charge in [-0.05, 0) is 31.5 Å². The number of pyridine rings is 1. The molecule has 0 unspecified atom stereocenters. The second-order valence-electron chi connectivity index (χ2n) is 4.37. The van der Waals surface area contributed by atoms with Crippen molar-refractivity contribution in [2.24, 2.45) is 5.73 Å². The van der Waals surface area contributed by atoms with Crippen molar-refractivity contribution in [1.82, 2.24) is 4.98 Å². The molecule has 0 amide bonds. The van der Waals surface area contributed by atoms with E-state index in [4.69, 9.17) is 10.5 Å². The van der Waals surface area contributed by atoms with Gasteiger partial charge < -0.3 is 10.5 Å². The summed E-state index contributed by atoms with van der Waals surface area (Å²) in [5.41, 5.74) is 10.0. The fraction of sp³-hybridized carbons (Fsp3) is 0.267. The fourth-order valence-electron chi connectivity index (χ4n) is 1.82. The summed E-state index contributed by atoms with van der Waals surface area (Å²) in [6.07, 6.45) is 1.78. The van der Waals surface area contributed by atoms with Crippen LogP contribution in [0.2, 0.25) is 0 Å². The van der Waals surface area contributed by atoms with Crippen LogP contribution < -0.4 is 10.5 Å². The van der Waals surface area contributed by atoms with E-state index in [-0.39, 0.29) is 0 Å². The van der Waals surface area contributed by atoms with E-state index in [0.717, 1.165) is 22.6 Å². The zero-order valence-corrected chi connectivity index (χ0v) is 10.8. The maximum atomic E-state index is 5.81. The molecule has 0 aliphatic heterocycles. The van der Waals surface area contributed by atoms with Crippen molar-refractivity contribution in [2.75, 3.05) is 0 Å². The van der Waals surface area contributed by atoms with Crippen molar-refractivity contribution in [3.8, 4) is 5.75 Å². The Morgan fingerprint density at radius 3 is 2.78 bits per heavy atom. The standard InChI is InChI=1S/C15H18N2O/c1-11-5-6-15(13(8-11)9-16)18-10-14-12(2)4-3-7-17-14/h3-8H,9-10,16H2,1-2H3. The van der Waals surface area contributed by atoms with E-state index >= 15 is 0 Å². The molecule has 0 aliphatic carbocycles. The summed E-state index contributed by atoms with van der Waals surface area (Å²) in [4.78, 5) is 4.31. The summed E-state index contributed by atoms with van der Waals surface area (Å²) in [5.74, 6) is 0.841. The summed E-state index contributed by atoms with van der Waals surface area (Å²) >= 11 is 0. The Bertz CT molecular complexity index is 538. The van der Waals surface area contributed by atoms with E-state index in [2.05, 4.69) is 11.1 Å². The van der Waals surface area contributed by atoms with E-state index in [1.807, 2.05) is 38.1 Å². The third-order valence-electron chi connectivity index (χ3n) is 2.92. The van der Waals surface area contributed by atoms with Gasteiger partial charge >= 0.3 is 0 Å². The van der Waals surface area contributed by atoms with Crippen LogP contribution in [0.1, 0.15) is 22.4 Å². The number of hydrogen-bond acceptors (Lipinski definition) is 3. The second kappa shape index (κ2) is 5.65. The van der Waals surface area contributed by atoms with Crippen LogP contribution in [0.4, 0.5) is 0 Å². The minimum Gasteiger partial charge on any atom is -0.487 e. The summed E-state index contributed by atoms with van der Waals surface area (Å²) in [5, 5.41) is 0. The molecule has 94 valence electrons. The number of rotatable bonds is 4. The molecule has 1 aromatic heterocycles. The monoisotopic (exact) mass is 242 g/mol.